The fourth-order valence-electron chi connectivity index (χ4n) is 1.68. The number of thiophene rings is 1. The summed E-state index contributed by atoms with van der Waals surface area (Å²) in [6.45, 7) is 1.82. The lowest BCUT2D eigenvalue weighted by atomic mass is 10.2. The van der Waals surface area contributed by atoms with Crippen molar-refractivity contribution in [3.63, 3.8) is 0 Å². The number of carbonyl (C=O) groups excluding carboxylic acids is 1. The van der Waals surface area contributed by atoms with Crippen LogP contribution in [0.15, 0.2) is 11.4 Å². The summed E-state index contributed by atoms with van der Waals surface area (Å²) in [5.41, 5.74) is 1.48. The molecule has 0 unspecified atom stereocenters. The van der Waals surface area contributed by atoms with Gasteiger partial charge in [0.05, 0.1) is 34.8 Å². The van der Waals surface area contributed by atoms with Crippen LogP contribution in [0.25, 0.3) is 0 Å². The van der Waals surface area contributed by atoms with Crippen LogP contribution in [0, 0.1) is 6.92 Å². The van der Waals surface area contributed by atoms with Crippen LogP contribution in [0.1, 0.15) is 21.1 Å². The third kappa shape index (κ3) is 2.42. The highest BCUT2D eigenvalue weighted by molar-refractivity contribution is 7.12. The number of ketones is 1. The second-order valence-corrected chi connectivity index (χ2v) is 5.21. The summed E-state index contributed by atoms with van der Waals surface area (Å²) < 4.78 is 6.71. The average molecular weight is 285 g/mol. The van der Waals surface area contributed by atoms with Gasteiger partial charge in [-0.15, -0.1) is 11.3 Å². The van der Waals surface area contributed by atoms with E-state index in [4.69, 9.17) is 16.3 Å². The molecule has 18 heavy (non-hydrogen) atoms. The number of methoxy groups -OCH3 is 1. The van der Waals surface area contributed by atoms with Crippen LogP contribution in [-0.2, 0) is 13.5 Å². The normalized spacial score (nSPS) is 10.7. The van der Waals surface area contributed by atoms with Gasteiger partial charge in [-0.1, -0.05) is 11.6 Å². The molecule has 0 aliphatic heterocycles. The molecule has 0 aliphatic rings. The van der Waals surface area contributed by atoms with Gasteiger partial charge in [-0.05, 0) is 6.92 Å². The van der Waals surface area contributed by atoms with Gasteiger partial charge >= 0.3 is 0 Å². The van der Waals surface area contributed by atoms with E-state index in [2.05, 4.69) is 5.10 Å². The van der Waals surface area contributed by atoms with Crippen LogP contribution in [0.3, 0.4) is 0 Å². The molecule has 6 heteroatoms. The van der Waals surface area contributed by atoms with Gasteiger partial charge in [0.2, 0.25) is 0 Å². The number of halogens is 1. The van der Waals surface area contributed by atoms with Crippen LogP contribution in [0.4, 0.5) is 0 Å². The predicted molar refractivity (Wildman–Crippen MR) is 71.9 cm³/mol. The standard InChI is InChI=1S/C12H13ClN2O2S/c1-7-12(13)9(15(2)14-7)5-10(16)11-4-8(17-3)6-18-11/h4,6H,5H2,1-3H3. The Labute approximate surface area is 114 Å². The zero-order chi connectivity index (χ0) is 13.3. The minimum Gasteiger partial charge on any atom is -0.496 e. The summed E-state index contributed by atoms with van der Waals surface area (Å²) in [6.07, 6.45) is 0.250. The maximum atomic E-state index is 12.1. The van der Waals surface area contributed by atoms with Crippen molar-refractivity contribution in [2.24, 2.45) is 7.05 Å². The molecule has 4 nitrogen and oxygen atoms in total. The first-order valence-corrected chi connectivity index (χ1v) is 6.62. The second-order valence-electron chi connectivity index (χ2n) is 3.92. The van der Waals surface area contributed by atoms with E-state index in [0.29, 0.717) is 15.6 Å². The molecule has 0 atom stereocenters. The Hall–Kier alpha value is -1.33. The Balaban J connectivity index is 2.21. The number of aryl methyl sites for hydroxylation is 2. The second kappa shape index (κ2) is 5.12. The van der Waals surface area contributed by atoms with Gasteiger partial charge in [0.15, 0.2) is 5.78 Å². The molecule has 2 heterocycles. The zero-order valence-corrected chi connectivity index (χ0v) is 11.9. The largest absolute Gasteiger partial charge is 0.496 e. The van der Waals surface area contributed by atoms with Gasteiger partial charge in [0, 0.05) is 18.5 Å². The fourth-order valence-corrected chi connectivity index (χ4v) is 2.71. The quantitative estimate of drug-likeness (QED) is 0.811. The van der Waals surface area contributed by atoms with E-state index in [1.807, 2.05) is 12.3 Å². The summed E-state index contributed by atoms with van der Waals surface area (Å²) >= 11 is 7.49. The van der Waals surface area contributed by atoms with Crippen LogP contribution in [-0.4, -0.2) is 22.7 Å². The maximum absolute atomic E-state index is 12.1. The number of ether oxygens (including phenoxy) is 1. The zero-order valence-electron chi connectivity index (χ0n) is 10.4. The first-order chi connectivity index (χ1) is 8.52. The highest BCUT2D eigenvalue weighted by Gasteiger charge is 2.17. The lowest BCUT2D eigenvalue weighted by molar-refractivity contribution is 0.0994. The van der Waals surface area contributed by atoms with Crippen LogP contribution >= 0.6 is 22.9 Å². The van der Waals surface area contributed by atoms with Crippen molar-refractivity contribution in [2.75, 3.05) is 7.11 Å². The monoisotopic (exact) mass is 284 g/mol. The summed E-state index contributed by atoms with van der Waals surface area (Å²) in [6, 6.07) is 1.74. The van der Waals surface area contributed by atoms with E-state index in [9.17, 15) is 4.79 Å². The Morgan fingerprint density at radius 1 is 1.61 bits per heavy atom. The molecule has 0 bridgehead atoms. The van der Waals surface area contributed by atoms with E-state index in [0.717, 1.165) is 11.4 Å². The van der Waals surface area contributed by atoms with Crippen molar-refractivity contribution in [1.29, 1.82) is 0 Å². The number of aromatic nitrogens is 2. The molecule has 0 aromatic carbocycles. The smallest absolute Gasteiger partial charge is 0.178 e. The maximum Gasteiger partial charge on any atom is 0.178 e. The van der Waals surface area contributed by atoms with E-state index in [1.54, 1.807) is 24.9 Å². The molecular weight excluding hydrogens is 272 g/mol. The van der Waals surface area contributed by atoms with Gasteiger partial charge < -0.3 is 4.74 Å². The molecule has 96 valence electrons. The SMILES string of the molecule is COc1csc(C(=O)Cc2c(Cl)c(C)nn2C)c1. The Morgan fingerprint density at radius 3 is 2.83 bits per heavy atom. The molecule has 2 aromatic heterocycles. The van der Waals surface area contributed by atoms with Gasteiger partial charge in [-0.2, -0.15) is 5.10 Å². The van der Waals surface area contributed by atoms with Crippen molar-refractivity contribution in [1.82, 2.24) is 9.78 Å². The van der Waals surface area contributed by atoms with Crippen LogP contribution in [0.5, 0.6) is 5.75 Å². The molecule has 0 spiro atoms. The van der Waals surface area contributed by atoms with Gasteiger partial charge in [0.1, 0.15) is 5.75 Å². The Kier molecular flexibility index (Phi) is 3.73. The molecule has 2 rings (SSSR count). The number of Topliss-reactive ketones (excluding diaryl/α,β-unsaturated/α-hetero) is 1. The first-order valence-electron chi connectivity index (χ1n) is 5.36. The summed E-state index contributed by atoms with van der Waals surface area (Å²) in [5.74, 6) is 0.726. The molecule has 0 saturated heterocycles. The molecule has 0 aliphatic carbocycles. The lowest BCUT2D eigenvalue weighted by Crippen LogP contribution is -2.07. The van der Waals surface area contributed by atoms with Crippen molar-refractivity contribution in [2.45, 2.75) is 13.3 Å². The van der Waals surface area contributed by atoms with E-state index in [1.165, 1.54) is 11.3 Å². The summed E-state index contributed by atoms with van der Waals surface area (Å²) in [5, 5.41) is 6.56. The van der Waals surface area contributed by atoms with E-state index < -0.39 is 0 Å². The molecular formula is C12H13ClN2O2S. The number of rotatable bonds is 4. The third-order valence-corrected chi connectivity index (χ3v) is 4.12. The molecule has 2 aromatic rings. The van der Waals surface area contributed by atoms with Gasteiger partial charge in [-0.3, -0.25) is 9.48 Å². The molecule has 0 N–H and O–H groups in total. The average Bonchev–Trinajstić information content (AvgIpc) is 2.90. The van der Waals surface area contributed by atoms with Crippen LogP contribution < -0.4 is 4.74 Å². The van der Waals surface area contributed by atoms with Gasteiger partial charge in [-0.25, -0.2) is 0 Å². The highest BCUT2D eigenvalue weighted by atomic mass is 35.5. The Morgan fingerprint density at radius 2 is 2.33 bits per heavy atom. The number of carbonyl (C=O) groups is 1. The van der Waals surface area contributed by atoms with E-state index >= 15 is 0 Å². The number of hydrogen-bond acceptors (Lipinski definition) is 4. The predicted octanol–water partition coefficient (Wildman–Crippen LogP) is 2.88. The fraction of sp³-hybridized carbons (Fsp3) is 0.333. The third-order valence-electron chi connectivity index (χ3n) is 2.68. The summed E-state index contributed by atoms with van der Waals surface area (Å²) in [4.78, 5) is 12.8. The minimum atomic E-state index is 0.0215. The highest BCUT2D eigenvalue weighted by Crippen LogP contribution is 2.25. The molecule has 0 radical (unpaired) electrons. The minimum absolute atomic E-state index is 0.0215. The molecule has 0 amide bonds. The van der Waals surface area contributed by atoms with Crippen molar-refractivity contribution >= 4 is 28.7 Å². The molecule has 0 saturated carbocycles. The lowest BCUT2D eigenvalue weighted by Gasteiger charge is -2.00. The summed E-state index contributed by atoms with van der Waals surface area (Å²) in [7, 11) is 3.37. The van der Waals surface area contributed by atoms with Gasteiger partial charge in [0.25, 0.3) is 0 Å². The molecule has 0 fully saturated rings. The van der Waals surface area contributed by atoms with Crippen molar-refractivity contribution in [3.8, 4) is 5.75 Å². The van der Waals surface area contributed by atoms with Crippen molar-refractivity contribution < 1.29 is 9.53 Å². The number of hydrogen-bond donors (Lipinski definition) is 0. The topological polar surface area (TPSA) is 44.1 Å². The van der Waals surface area contributed by atoms with E-state index in [-0.39, 0.29) is 12.2 Å². The van der Waals surface area contributed by atoms with Crippen LogP contribution in [0.2, 0.25) is 5.02 Å². The Bertz CT molecular complexity index is 589. The first kappa shape index (κ1) is 13.1. The number of nitrogens with zero attached hydrogens (tertiary/aromatic N) is 2. The van der Waals surface area contributed by atoms with Crippen molar-refractivity contribution in [3.05, 3.63) is 32.7 Å².